The molecule has 96 valence electrons. The van der Waals surface area contributed by atoms with Gasteiger partial charge in [0.25, 0.3) is 0 Å². The quantitative estimate of drug-likeness (QED) is 0.783. The molecule has 0 spiro atoms. The highest BCUT2D eigenvalue weighted by Gasteiger charge is 2.43. The molecule has 0 aliphatic heterocycles. The monoisotopic (exact) mass is 257 g/mol. The van der Waals surface area contributed by atoms with Crippen molar-refractivity contribution in [1.29, 1.82) is 0 Å². The number of carbonyl (C=O) groups excluding carboxylic acids is 1. The maximum absolute atomic E-state index is 11.9. The Hall–Kier alpha value is -0.710. The fourth-order valence-electron chi connectivity index (χ4n) is 2.51. The lowest BCUT2D eigenvalue weighted by Crippen LogP contribution is -2.50. The number of carboxylic acids is 1. The minimum Gasteiger partial charge on any atom is -0.481 e. The predicted molar refractivity (Wildman–Crippen MR) is 67.0 cm³/mol. The molecule has 0 aromatic heterocycles. The van der Waals surface area contributed by atoms with Gasteiger partial charge in [0.05, 0.1) is 11.8 Å². The van der Waals surface area contributed by atoms with Gasteiger partial charge in [0.15, 0.2) is 0 Å². The minimum absolute atomic E-state index is 0.0658. The Morgan fingerprint density at radius 1 is 1.35 bits per heavy atom. The molecule has 2 rings (SSSR count). The van der Waals surface area contributed by atoms with Crippen molar-refractivity contribution in [3.8, 4) is 0 Å². The molecule has 2 N–H and O–H groups in total. The zero-order valence-corrected chi connectivity index (χ0v) is 10.9. The molecule has 0 aromatic carbocycles. The van der Waals surface area contributed by atoms with Crippen LogP contribution in [0.3, 0.4) is 0 Å². The number of aliphatic carboxylic acids is 1. The number of nitrogens with one attached hydrogen (secondary N) is 1. The highest BCUT2D eigenvalue weighted by molar-refractivity contribution is 8.00. The Morgan fingerprint density at radius 2 is 2.00 bits per heavy atom. The molecule has 2 aliphatic carbocycles. The molecule has 1 amide bonds. The number of thioether (sulfide) groups is 1. The van der Waals surface area contributed by atoms with Crippen LogP contribution in [0.15, 0.2) is 0 Å². The second kappa shape index (κ2) is 4.88. The van der Waals surface area contributed by atoms with Crippen LogP contribution in [0, 0.1) is 11.8 Å². The zero-order valence-electron chi connectivity index (χ0n) is 10.1. The van der Waals surface area contributed by atoms with Gasteiger partial charge in [-0.25, -0.2) is 0 Å². The van der Waals surface area contributed by atoms with Crippen molar-refractivity contribution in [2.45, 2.75) is 36.9 Å². The molecule has 4 nitrogen and oxygen atoms in total. The van der Waals surface area contributed by atoms with Gasteiger partial charge < -0.3 is 10.4 Å². The first-order valence-corrected chi connectivity index (χ1v) is 7.36. The van der Waals surface area contributed by atoms with Crippen LogP contribution >= 0.6 is 11.8 Å². The van der Waals surface area contributed by atoms with E-state index in [1.807, 2.05) is 11.8 Å². The molecule has 0 aromatic rings. The van der Waals surface area contributed by atoms with E-state index in [1.54, 1.807) is 0 Å². The van der Waals surface area contributed by atoms with Crippen molar-refractivity contribution in [1.82, 2.24) is 5.32 Å². The van der Waals surface area contributed by atoms with E-state index in [-0.39, 0.29) is 16.6 Å². The van der Waals surface area contributed by atoms with Gasteiger partial charge in [-0.05, 0) is 31.9 Å². The summed E-state index contributed by atoms with van der Waals surface area (Å²) >= 11 is 1.81. The number of rotatable bonds is 5. The molecule has 2 unspecified atom stereocenters. The normalized spacial score (nSPS) is 29.9. The maximum atomic E-state index is 11.9. The van der Waals surface area contributed by atoms with E-state index in [0.29, 0.717) is 13.0 Å². The fourth-order valence-corrected chi connectivity index (χ4v) is 3.43. The molecule has 0 saturated heterocycles. The summed E-state index contributed by atoms with van der Waals surface area (Å²) in [5.41, 5.74) is 0. The van der Waals surface area contributed by atoms with Crippen LogP contribution in [-0.2, 0) is 9.59 Å². The molecule has 0 radical (unpaired) electrons. The van der Waals surface area contributed by atoms with Crippen LogP contribution in [0.5, 0.6) is 0 Å². The van der Waals surface area contributed by atoms with E-state index in [4.69, 9.17) is 5.11 Å². The van der Waals surface area contributed by atoms with Gasteiger partial charge in [0, 0.05) is 11.3 Å². The van der Waals surface area contributed by atoms with Crippen LogP contribution in [0.4, 0.5) is 0 Å². The highest BCUT2D eigenvalue weighted by Crippen LogP contribution is 2.42. The molecule has 2 saturated carbocycles. The second-order valence-corrected chi connectivity index (χ2v) is 6.36. The van der Waals surface area contributed by atoms with Crippen molar-refractivity contribution in [2.75, 3.05) is 12.8 Å². The highest BCUT2D eigenvalue weighted by atomic mass is 32.2. The van der Waals surface area contributed by atoms with Gasteiger partial charge in [-0.2, -0.15) is 11.8 Å². The maximum Gasteiger partial charge on any atom is 0.307 e. The van der Waals surface area contributed by atoms with Crippen LogP contribution in [0.2, 0.25) is 0 Å². The number of carboxylic acid groups (broad SMARTS) is 1. The van der Waals surface area contributed by atoms with Gasteiger partial charge in [-0.1, -0.05) is 6.42 Å². The lowest BCUT2D eigenvalue weighted by Gasteiger charge is -2.41. The lowest BCUT2D eigenvalue weighted by molar-refractivity contribution is -0.152. The molecule has 5 heteroatoms. The smallest absolute Gasteiger partial charge is 0.307 e. The SMILES string of the molecule is CSC1(CNC(=O)C2CCC2C(=O)O)CCC1. The van der Waals surface area contributed by atoms with Crippen molar-refractivity contribution in [2.24, 2.45) is 11.8 Å². The molecule has 2 aliphatic rings. The first-order chi connectivity index (χ1) is 8.08. The van der Waals surface area contributed by atoms with Gasteiger partial charge in [0.1, 0.15) is 0 Å². The van der Waals surface area contributed by atoms with Gasteiger partial charge in [-0.15, -0.1) is 0 Å². The van der Waals surface area contributed by atoms with E-state index in [2.05, 4.69) is 11.6 Å². The number of hydrogen-bond donors (Lipinski definition) is 2. The second-order valence-electron chi connectivity index (χ2n) is 5.09. The Labute approximate surface area is 106 Å². The summed E-state index contributed by atoms with van der Waals surface area (Å²) in [5, 5.41) is 11.8. The van der Waals surface area contributed by atoms with Crippen molar-refractivity contribution in [3.05, 3.63) is 0 Å². The number of hydrogen-bond acceptors (Lipinski definition) is 3. The van der Waals surface area contributed by atoms with Crippen molar-refractivity contribution in [3.63, 3.8) is 0 Å². The summed E-state index contributed by atoms with van der Waals surface area (Å²) in [4.78, 5) is 22.7. The molecule has 17 heavy (non-hydrogen) atoms. The number of amides is 1. The van der Waals surface area contributed by atoms with E-state index in [1.165, 1.54) is 6.42 Å². The van der Waals surface area contributed by atoms with Crippen molar-refractivity contribution < 1.29 is 14.7 Å². The van der Waals surface area contributed by atoms with Crippen LogP contribution in [0.25, 0.3) is 0 Å². The first kappa shape index (κ1) is 12.7. The largest absolute Gasteiger partial charge is 0.481 e. The van der Waals surface area contributed by atoms with Crippen LogP contribution in [0.1, 0.15) is 32.1 Å². The Kier molecular flexibility index (Phi) is 3.66. The molecular formula is C12H19NO3S. The predicted octanol–water partition coefficient (Wildman–Crippen LogP) is 1.50. The van der Waals surface area contributed by atoms with E-state index in [9.17, 15) is 9.59 Å². The molecular weight excluding hydrogens is 238 g/mol. The van der Waals surface area contributed by atoms with Gasteiger partial charge in [0.2, 0.25) is 5.91 Å². The average Bonchev–Trinajstić information content (AvgIpc) is 2.13. The molecule has 0 heterocycles. The van der Waals surface area contributed by atoms with E-state index in [0.717, 1.165) is 19.3 Å². The summed E-state index contributed by atoms with van der Waals surface area (Å²) in [5.74, 6) is -1.66. The van der Waals surface area contributed by atoms with E-state index < -0.39 is 11.9 Å². The topological polar surface area (TPSA) is 66.4 Å². The third-order valence-corrected chi connectivity index (χ3v) is 5.63. The lowest BCUT2D eigenvalue weighted by atomic mass is 9.73. The standard InChI is InChI=1S/C12H19NO3S/c1-17-12(5-2-6-12)7-13-10(14)8-3-4-9(8)11(15)16/h8-9H,2-7H2,1H3,(H,13,14)(H,15,16). The summed E-state index contributed by atoms with van der Waals surface area (Å²) in [6.07, 6.45) is 6.98. The third kappa shape index (κ3) is 2.44. The Bertz CT molecular complexity index is 322. The molecule has 0 bridgehead atoms. The van der Waals surface area contributed by atoms with E-state index >= 15 is 0 Å². The Morgan fingerprint density at radius 3 is 2.35 bits per heavy atom. The van der Waals surface area contributed by atoms with Gasteiger partial charge >= 0.3 is 5.97 Å². The average molecular weight is 257 g/mol. The third-order valence-electron chi connectivity index (χ3n) is 4.21. The van der Waals surface area contributed by atoms with Gasteiger partial charge in [-0.3, -0.25) is 9.59 Å². The fraction of sp³-hybridized carbons (Fsp3) is 0.833. The molecule has 2 fully saturated rings. The van der Waals surface area contributed by atoms with Crippen molar-refractivity contribution >= 4 is 23.6 Å². The summed E-state index contributed by atoms with van der Waals surface area (Å²) in [6, 6.07) is 0. The Balaban J connectivity index is 1.79. The summed E-state index contributed by atoms with van der Waals surface area (Å²) < 4.78 is 0.220. The first-order valence-electron chi connectivity index (χ1n) is 6.14. The van der Waals surface area contributed by atoms with Crippen LogP contribution < -0.4 is 5.32 Å². The molecule has 2 atom stereocenters. The zero-order chi connectivity index (χ0) is 12.5. The van der Waals surface area contributed by atoms with Crippen LogP contribution in [-0.4, -0.2) is 34.5 Å². The minimum atomic E-state index is -0.834. The summed E-state index contributed by atoms with van der Waals surface area (Å²) in [7, 11) is 0. The summed E-state index contributed by atoms with van der Waals surface area (Å²) in [6.45, 7) is 0.690. The number of carbonyl (C=O) groups is 2.